The number of nitrogens with one attached hydrogen (secondary N) is 1. The van der Waals surface area contributed by atoms with Gasteiger partial charge in [0, 0.05) is 23.8 Å². The molecule has 0 amide bonds. The summed E-state index contributed by atoms with van der Waals surface area (Å²) >= 11 is 0. The number of fused-ring (bicyclic) bond motifs is 4. The van der Waals surface area contributed by atoms with Crippen LogP contribution in [0.1, 0.15) is 36.1 Å². The van der Waals surface area contributed by atoms with Crippen molar-refractivity contribution in [3.05, 3.63) is 77.9 Å². The first kappa shape index (κ1) is 14.1. The highest BCUT2D eigenvalue weighted by atomic mass is 16.5. The number of hydrogen-bond acceptors (Lipinski definition) is 2. The molecule has 0 radical (unpaired) electrons. The summed E-state index contributed by atoms with van der Waals surface area (Å²) in [6, 6.07) is 24.3. The first-order valence-electron chi connectivity index (χ1n) is 8.86. The van der Waals surface area contributed by atoms with Crippen molar-refractivity contribution in [2.24, 2.45) is 5.92 Å². The third-order valence-corrected chi connectivity index (χ3v) is 5.53. The topological polar surface area (TPSA) is 21.3 Å². The molecule has 2 aliphatic heterocycles. The standard InChI is InChI=1S/C22H21NO/c1-2-9-16-15(7-1)8-5-11-17(16)21-19-12-6-14-24-22(19)18-10-3-4-13-20(18)23-21/h1-5,7-11,13,19,21-23H,6,12,14H2/t19-,21+,22+/m0/s1. The summed E-state index contributed by atoms with van der Waals surface area (Å²) in [6.07, 6.45) is 2.56. The SMILES string of the molecule is c1ccc2c(c1)N[C@H](c1cccc3ccccc13)[C@@H]1CCCO[C@H]21. The van der Waals surface area contributed by atoms with Gasteiger partial charge in [-0.2, -0.15) is 0 Å². The van der Waals surface area contributed by atoms with Gasteiger partial charge in [0.15, 0.2) is 0 Å². The largest absolute Gasteiger partial charge is 0.378 e. The molecule has 0 aliphatic carbocycles. The monoisotopic (exact) mass is 315 g/mol. The second kappa shape index (κ2) is 5.64. The van der Waals surface area contributed by atoms with Crippen molar-refractivity contribution in [2.75, 3.05) is 11.9 Å². The highest BCUT2D eigenvalue weighted by molar-refractivity contribution is 5.86. The van der Waals surface area contributed by atoms with Gasteiger partial charge in [0.2, 0.25) is 0 Å². The molecule has 0 aromatic heterocycles. The second-order valence-electron chi connectivity index (χ2n) is 6.88. The summed E-state index contributed by atoms with van der Waals surface area (Å²) in [5.41, 5.74) is 3.93. The van der Waals surface area contributed by atoms with Crippen molar-refractivity contribution in [2.45, 2.75) is 25.0 Å². The van der Waals surface area contributed by atoms with Crippen LogP contribution in [0.4, 0.5) is 5.69 Å². The van der Waals surface area contributed by atoms with Crippen molar-refractivity contribution in [1.29, 1.82) is 0 Å². The minimum Gasteiger partial charge on any atom is -0.378 e. The minimum absolute atomic E-state index is 0.208. The van der Waals surface area contributed by atoms with E-state index in [1.54, 1.807) is 0 Å². The Labute approximate surface area is 142 Å². The van der Waals surface area contributed by atoms with Gasteiger partial charge in [-0.3, -0.25) is 0 Å². The zero-order chi connectivity index (χ0) is 15.9. The molecule has 1 saturated heterocycles. The Balaban J connectivity index is 1.67. The van der Waals surface area contributed by atoms with Crippen LogP contribution in [0.2, 0.25) is 0 Å². The van der Waals surface area contributed by atoms with Crippen LogP contribution in [0.5, 0.6) is 0 Å². The molecule has 0 spiro atoms. The Bertz CT molecular complexity index is 883. The molecule has 3 atom stereocenters. The molecule has 2 nitrogen and oxygen atoms in total. The summed E-state index contributed by atoms with van der Waals surface area (Å²) < 4.78 is 6.23. The Morgan fingerprint density at radius 3 is 2.62 bits per heavy atom. The predicted molar refractivity (Wildman–Crippen MR) is 98.2 cm³/mol. The lowest BCUT2D eigenvalue weighted by Crippen LogP contribution is -2.36. The summed E-state index contributed by atoms with van der Waals surface area (Å²) in [5.74, 6) is 0.486. The first-order valence-corrected chi connectivity index (χ1v) is 8.86. The van der Waals surface area contributed by atoms with Crippen LogP contribution in [0, 0.1) is 5.92 Å². The first-order chi connectivity index (χ1) is 11.9. The van der Waals surface area contributed by atoms with Crippen LogP contribution < -0.4 is 5.32 Å². The number of ether oxygens (including phenoxy) is 1. The molecule has 120 valence electrons. The fourth-order valence-electron chi connectivity index (χ4n) is 4.45. The van der Waals surface area contributed by atoms with Gasteiger partial charge in [0.25, 0.3) is 0 Å². The fraction of sp³-hybridized carbons (Fsp3) is 0.273. The molecule has 2 heteroatoms. The van der Waals surface area contributed by atoms with Gasteiger partial charge in [0.05, 0.1) is 12.1 Å². The molecule has 2 heterocycles. The van der Waals surface area contributed by atoms with Crippen LogP contribution in [0.15, 0.2) is 66.7 Å². The van der Waals surface area contributed by atoms with Crippen molar-refractivity contribution < 1.29 is 4.74 Å². The van der Waals surface area contributed by atoms with Gasteiger partial charge in [0.1, 0.15) is 0 Å². The van der Waals surface area contributed by atoms with Gasteiger partial charge < -0.3 is 10.1 Å². The van der Waals surface area contributed by atoms with Crippen LogP contribution in [-0.4, -0.2) is 6.61 Å². The number of hydrogen-bond donors (Lipinski definition) is 1. The Morgan fingerprint density at radius 2 is 1.62 bits per heavy atom. The van der Waals surface area contributed by atoms with Gasteiger partial charge in [-0.05, 0) is 35.2 Å². The zero-order valence-corrected chi connectivity index (χ0v) is 13.6. The van der Waals surface area contributed by atoms with Gasteiger partial charge in [-0.1, -0.05) is 60.7 Å². The van der Waals surface area contributed by atoms with E-state index >= 15 is 0 Å². The number of rotatable bonds is 1. The lowest BCUT2D eigenvalue weighted by molar-refractivity contribution is -0.0379. The highest BCUT2D eigenvalue weighted by Gasteiger charge is 2.39. The van der Waals surface area contributed by atoms with Crippen molar-refractivity contribution >= 4 is 16.5 Å². The highest BCUT2D eigenvalue weighted by Crippen LogP contribution is 2.49. The summed E-state index contributed by atoms with van der Waals surface area (Å²) in [4.78, 5) is 0. The number of benzene rings is 3. The maximum Gasteiger partial charge on any atom is 0.0895 e. The molecule has 3 aromatic carbocycles. The van der Waals surface area contributed by atoms with E-state index in [-0.39, 0.29) is 6.10 Å². The molecule has 3 aromatic rings. The average molecular weight is 315 g/mol. The number of para-hydroxylation sites is 1. The molecular weight excluding hydrogens is 294 g/mol. The van der Waals surface area contributed by atoms with Crippen LogP contribution in [0.25, 0.3) is 10.8 Å². The van der Waals surface area contributed by atoms with E-state index in [4.69, 9.17) is 4.74 Å². The molecule has 0 saturated carbocycles. The van der Waals surface area contributed by atoms with Crippen molar-refractivity contribution in [3.8, 4) is 0 Å². The lowest BCUT2D eigenvalue weighted by atomic mass is 9.76. The summed E-state index contributed by atoms with van der Waals surface area (Å²) in [5, 5.41) is 6.48. The van der Waals surface area contributed by atoms with E-state index in [1.165, 1.54) is 34.0 Å². The lowest BCUT2D eigenvalue weighted by Gasteiger charge is -2.43. The quantitative estimate of drug-likeness (QED) is 0.642. The van der Waals surface area contributed by atoms with E-state index in [0.29, 0.717) is 12.0 Å². The zero-order valence-electron chi connectivity index (χ0n) is 13.6. The summed E-state index contributed by atoms with van der Waals surface area (Å²) in [7, 11) is 0. The van der Waals surface area contributed by atoms with E-state index in [9.17, 15) is 0 Å². The normalized spacial score (nSPS) is 25.6. The molecule has 1 N–H and O–H groups in total. The fourth-order valence-corrected chi connectivity index (χ4v) is 4.45. The average Bonchev–Trinajstić information content (AvgIpc) is 2.67. The van der Waals surface area contributed by atoms with Crippen LogP contribution in [0.3, 0.4) is 0 Å². The third kappa shape index (κ3) is 2.14. The number of anilines is 1. The van der Waals surface area contributed by atoms with Crippen LogP contribution >= 0.6 is 0 Å². The van der Waals surface area contributed by atoms with E-state index in [0.717, 1.165) is 13.0 Å². The van der Waals surface area contributed by atoms with Gasteiger partial charge in [-0.15, -0.1) is 0 Å². The maximum absolute atomic E-state index is 6.23. The van der Waals surface area contributed by atoms with Crippen molar-refractivity contribution in [1.82, 2.24) is 0 Å². The smallest absolute Gasteiger partial charge is 0.0895 e. The minimum atomic E-state index is 0.208. The van der Waals surface area contributed by atoms with Gasteiger partial charge >= 0.3 is 0 Å². The van der Waals surface area contributed by atoms with E-state index in [1.807, 2.05) is 0 Å². The molecule has 5 rings (SSSR count). The molecule has 0 unspecified atom stereocenters. The summed E-state index contributed by atoms with van der Waals surface area (Å²) in [6.45, 7) is 0.873. The molecular formula is C22H21NO. The molecule has 2 aliphatic rings. The maximum atomic E-state index is 6.23. The second-order valence-corrected chi connectivity index (χ2v) is 6.88. The third-order valence-electron chi connectivity index (χ3n) is 5.53. The van der Waals surface area contributed by atoms with Gasteiger partial charge in [-0.25, -0.2) is 0 Å². The molecule has 0 bridgehead atoms. The Hall–Kier alpha value is -2.32. The Kier molecular flexibility index (Phi) is 3.30. The van der Waals surface area contributed by atoms with E-state index in [2.05, 4.69) is 72.0 Å². The van der Waals surface area contributed by atoms with Crippen molar-refractivity contribution in [3.63, 3.8) is 0 Å². The Morgan fingerprint density at radius 1 is 0.833 bits per heavy atom. The predicted octanol–water partition coefficient (Wildman–Crippen LogP) is 5.47. The molecule has 24 heavy (non-hydrogen) atoms. The van der Waals surface area contributed by atoms with E-state index < -0.39 is 0 Å². The molecule has 1 fully saturated rings. The van der Waals surface area contributed by atoms with Crippen LogP contribution in [-0.2, 0) is 4.74 Å².